The van der Waals surface area contributed by atoms with Crippen LogP contribution in [0.5, 0.6) is 5.75 Å². The van der Waals surface area contributed by atoms with Gasteiger partial charge in [0.25, 0.3) is 11.7 Å². The number of rotatable bonds is 9. The number of hydrogen-bond donors (Lipinski definition) is 1. The molecule has 0 bridgehead atoms. The van der Waals surface area contributed by atoms with E-state index in [0.29, 0.717) is 12.1 Å². The Balaban J connectivity index is 1.74. The maximum Gasteiger partial charge on any atom is 0.295 e. The first kappa shape index (κ1) is 24.4. The Kier molecular flexibility index (Phi) is 7.46. The zero-order chi connectivity index (χ0) is 24.9. The van der Waals surface area contributed by atoms with Crippen molar-refractivity contribution >= 4 is 28.2 Å². The van der Waals surface area contributed by atoms with Gasteiger partial charge in [-0.15, -0.1) is 0 Å². The van der Waals surface area contributed by atoms with E-state index in [1.165, 1.54) is 0 Å². The number of carbonyl (C=O) groups excluding carboxylic acids is 2. The van der Waals surface area contributed by atoms with Crippen LogP contribution in [0.1, 0.15) is 37.4 Å². The number of benzene rings is 2. The molecule has 7 heteroatoms. The lowest BCUT2D eigenvalue weighted by molar-refractivity contribution is -0.140. The van der Waals surface area contributed by atoms with Gasteiger partial charge in [0.05, 0.1) is 18.7 Å². The van der Waals surface area contributed by atoms with Crippen molar-refractivity contribution in [3.63, 3.8) is 0 Å². The highest BCUT2D eigenvalue weighted by molar-refractivity contribution is 6.46. The Hall–Kier alpha value is -3.71. The van der Waals surface area contributed by atoms with Crippen LogP contribution in [0.15, 0.2) is 66.5 Å². The molecule has 0 saturated carbocycles. The van der Waals surface area contributed by atoms with E-state index in [1.807, 2.05) is 30.3 Å². The highest BCUT2D eigenvalue weighted by atomic mass is 16.5. The van der Waals surface area contributed by atoms with Gasteiger partial charge in [0.1, 0.15) is 11.5 Å². The smallest absolute Gasteiger partial charge is 0.295 e. The molecule has 1 aliphatic rings. The van der Waals surface area contributed by atoms with Crippen LogP contribution in [-0.2, 0) is 9.59 Å². The fraction of sp³-hybridized carbons (Fsp3) is 0.321. The van der Waals surface area contributed by atoms with Crippen LogP contribution in [0.2, 0.25) is 0 Å². The van der Waals surface area contributed by atoms with Gasteiger partial charge >= 0.3 is 0 Å². The van der Waals surface area contributed by atoms with Crippen molar-refractivity contribution in [1.29, 1.82) is 0 Å². The quantitative estimate of drug-likeness (QED) is 0.282. The van der Waals surface area contributed by atoms with Gasteiger partial charge in [-0.1, -0.05) is 32.0 Å². The number of aliphatic hydroxyl groups is 1. The summed E-state index contributed by atoms with van der Waals surface area (Å²) in [6.45, 7) is 7.31. The standard InChI is InChI=1S/C28H31N3O4/c1-4-30(5-2)15-6-16-31-25(19-11-13-29-14-12-19)24(27(33)28(31)34)26(32)22-8-7-21-18-23(35-3)10-9-20(21)17-22/h7-14,17-18,25,32H,4-6,15-16H2,1-3H3/b26-24+. The van der Waals surface area contributed by atoms with Crippen molar-refractivity contribution in [2.45, 2.75) is 26.3 Å². The molecule has 2 heterocycles. The van der Waals surface area contributed by atoms with E-state index >= 15 is 0 Å². The number of carbonyl (C=O) groups is 2. The molecular weight excluding hydrogens is 442 g/mol. The fourth-order valence-corrected chi connectivity index (χ4v) is 4.66. The average molecular weight is 474 g/mol. The first-order valence-corrected chi connectivity index (χ1v) is 12.0. The van der Waals surface area contributed by atoms with Gasteiger partial charge in [-0.05, 0) is 72.7 Å². The van der Waals surface area contributed by atoms with Crippen LogP contribution >= 0.6 is 0 Å². The average Bonchev–Trinajstić information content (AvgIpc) is 3.15. The van der Waals surface area contributed by atoms with Crippen molar-refractivity contribution in [2.24, 2.45) is 0 Å². The lowest BCUT2D eigenvalue weighted by Gasteiger charge is -2.26. The van der Waals surface area contributed by atoms with E-state index in [9.17, 15) is 14.7 Å². The summed E-state index contributed by atoms with van der Waals surface area (Å²) < 4.78 is 5.29. The van der Waals surface area contributed by atoms with Gasteiger partial charge in [-0.2, -0.15) is 0 Å². The first-order valence-electron chi connectivity index (χ1n) is 12.0. The number of methoxy groups -OCH3 is 1. The zero-order valence-corrected chi connectivity index (χ0v) is 20.4. The number of fused-ring (bicyclic) bond motifs is 1. The van der Waals surface area contributed by atoms with Crippen molar-refractivity contribution in [1.82, 2.24) is 14.8 Å². The fourth-order valence-electron chi connectivity index (χ4n) is 4.66. The molecule has 1 aliphatic heterocycles. The predicted molar refractivity (Wildman–Crippen MR) is 136 cm³/mol. The van der Waals surface area contributed by atoms with Crippen molar-refractivity contribution < 1.29 is 19.4 Å². The molecule has 182 valence electrons. The molecule has 1 fully saturated rings. The third-order valence-electron chi connectivity index (χ3n) is 6.65. The van der Waals surface area contributed by atoms with Crippen molar-refractivity contribution in [2.75, 3.05) is 33.3 Å². The minimum absolute atomic E-state index is 0.108. The molecule has 4 rings (SSSR count). The lowest BCUT2D eigenvalue weighted by Crippen LogP contribution is -2.33. The van der Waals surface area contributed by atoms with Gasteiger partial charge in [0.2, 0.25) is 0 Å². The van der Waals surface area contributed by atoms with Gasteiger partial charge < -0.3 is 19.6 Å². The minimum atomic E-state index is -0.665. The third-order valence-corrected chi connectivity index (χ3v) is 6.65. The second-order valence-electron chi connectivity index (χ2n) is 8.58. The summed E-state index contributed by atoms with van der Waals surface area (Å²) in [4.78, 5) is 34.3. The molecular formula is C28H31N3O4. The molecule has 1 N–H and O–H groups in total. The van der Waals surface area contributed by atoms with E-state index in [2.05, 4.69) is 23.7 Å². The molecule has 0 aliphatic carbocycles. The van der Waals surface area contributed by atoms with Gasteiger partial charge in [-0.3, -0.25) is 14.6 Å². The van der Waals surface area contributed by atoms with Crippen LogP contribution < -0.4 is 4.74 Å². The largest absolute Gasteiger partial charge is 0.507 e. The van der Waals surface area contributed by atoms with Gasteiger partial charge in [0.15, 0.2) is 0 Å². The Morgan fingerprint density at radius 3 is 2.40 bits per heavy atom. The number of hydrogen-bond acceptors (Lipinski definition) is 6. The summed E-state index contributed by atoms with van der Waals surface area (Å²) in [6.07, 6.45) is 4.00. The van der Waals surface area contributed by atoms with E-state index in [1.54, 1.807) is 42.6 Å². The summed E-state index contributed by atoms with van der Waals surface area (Å²) in [5.74, 6) is -0.683. The lowest BCUT2D eigenvalue weighted by atomic mass is 9.95. The van der Waals surface area contributed by atoms with Crippen molar-refractivity contribution in [3.8, 4) is 5.75 Å². The van der Waals surface area contributed by atoms with Crippen molar-refractivity contribution in [3.05, 3.63) is 77.6 Å². The predicted octanol–water partition coefficient (Wildman–Crippen LogP) is 4.40. The second kappa shape index (κ2) is 10.7. The van der Waals surface area contributed by atoms with E-state index < -0.39 is 17.7 Å². The number of aromatic nitrogens is 1. The molecule has 1 atom stereocenters. The normalized spacial score (nSPS) is 17.5. The van der Waals surface area contributed by atoms with Crippen LogP contribution in [0, 0.1) is 0 Å². The van der Waals surface area contributed by atoms with Crippen LogP contribution in [0.3, 0.4) is 0 Å². The Morgan fingerprint density at radius 1 is 1.03 bits per heavy atom. The number of ketones is 1. The molecule has 1 unspecified atom stereocenters. The Bertz CT molecular complexity index is 1250. The highest BCUT2D eigenvalue weighted by Gasteiger charge is 2.45. The molecule has 1 saturated heterocycles. The van der Waals surface area contributed by atoms with E-state index in [0.717, 1.165) is 48.1 Å². The topological polar surface area (TPSA) is 83.0 Å². The summed E-state index contributed by atoms with van der Waals surface area (Å²) >= 11 is 0. The molecule has 1 amide bonds. The summed E-state index contributed by atoms with van der Waals surface area (Å²) in [6, 6.07) is 14.0. The van der Waals surface area contributed by atoms with Crippen LogP contribution in [-0.4, -0.2) is 64.9 Å². The molecule has 35 heavy (non-hydrogen) atoms. The van der Waals surface area contributed by atoms with Crippen LogP contribution in [0.25, 0.3) is 16.5 Å². The number of pyridine rings is 1. The monoisotopic (exact) mass is 473 g/mol. The van der Waals surface area contributed by atoms with E-state index in [4.69, 9.17) is 4.74 Å². The molecule has 1 aromatic heterocycles. The maximum absolute atomic E-state index is 13.2. The molecule has 7 nitrogen and oxygen atoms in total. The molecule has 2 aromatic carbocycles. The number of Topliss-reactive ketones (excluding diaryl/α,β-unsaturated/α-hetero) is 1. The third kappa shape index (κ3) is 4.91. The van der Waals surface area contributed by atoms with E-state index in [-0.39, 0.29) is 11.3 Å². The summed E-state index contributed by atoms with van der Waals surface area (Å²) in [7, 11) is 1.61. The van der Waals surface area contributed by atoms with Crippen LogP contribution in [0.4, 0.5) is 0 Å². The molecule has 0 radical (unpaired) electrons. The summed E-state index contributed by atoms with van der Waals surface area (Å²) in [5, 5.41) is 13.2. The van der Waals surface area contributed by atoms with Gasteiger partial charge in [0, 0.05) is 24.5 Å². The number of aliphatic hydroxyl groups excluding tert-OH is 1. The SMILES string of the molecule is CCN(CC)CCCN1C(=O)C(=O)/C(=C(/O)c2ccc3cc(OC)ccc3c2)C1c1ccncc1. The number of nitrogens with zero attached hydrogens (tertiary/aromatic N) is 3. The number of amides is 1. The Labute approximate surface area is 205 Å². The maximum atomic E-state index is 13.2. The zero-order valence-electron chi connectivity index (χ0n) is 20.4. The number of ether oxygens (including phenoxy) is 1. The first-order chi connectivity index (χ1) is 17.0. The minimum Gasteiger partial charge on any atom is -0.507 e. The second-order valence-corrected chi connectivity index (χ2v) is 8.58. The molecule has 0 spiro atoms. The number of likely N-dealkylation sites (tertiary alicyclic amines) is 1. The Morgan fingerprint density at radius 2 is 1.71 bits per heavy atom. The molecule has 3 aromatic rings. The van der Waals surface area contributed by atoms with Gasteiger partial charge in [-0.25, -0.2) is 0 Å². The summed E-state index contributed by atoms with van der Waals surface area (Å²) in [5.41, 5.74) is 1.34. The highest BCUT2D eigenvalue weighted by Crippen LogP contribution is 2.39.